The van der Waals surface area contributed by atoms with Gasteiger partial charge in [-0.05, 0) is 49.1 Å². The van der Waals surface area contributed by atoms with Gasteiger partial charge < -0.3 is 24.0 Å². The van der Waals surface area contributed by atoms with E-state index < -0.39 is 6.10 Å². The summed E-state index contributed by atoms with van der Waals surface area (Å²) in [4.78, 5) is 4.40. The van der Waals surface area contributed by atoms with E-state index >= 15 is 0 Å². The van der Waals surface area contributed by atoms with Crippen molar-refractivity contribution in [1.82, 2.24) is 10.1 Å². The summed E-state index contributed by atoms with van der Waals surface area (Å²) in [7, 11) is 0. The van der Waals surface area contributed by atoms with Gasteiger partial charge in [-0.25, -0.2) is 4.39 Å². The first-order chi connectivity index (χ1) is 17.7. The third-order valence-corrected chi connectivity index (χ3v) is 6.83. The maximum atomic E-state index is 13.6. The molecule has 2 aliphatic heterocycles. The van der Waals surface area contributed by atoms with Gasteiger partial charge in [0.2, 0.25) is 5.88 Å². The van der Waals surface area contributed by atoms with Crippen LogP contribution in [-0.2, 0) is 22.4 Å². The standard InChI is InChI=1S/C28H34FN3O4/c29-23-10-8-22(9-11-23)27-26(28(36-30-27)32-12-15-34-16-13-32)20-31(19-25-7-4-14-35-25)18-24(33)17-21-5-2-1-3-6-21/h1-3,5-6,8-11,24-25,33H,4,7,12-20H2/t24-,25+/m1/s1. The summed E-state index contributed by atoms with van der Waals surface area (Å²) in [5, 5.41) is 15.4. The molecule has 192 valence electrons. The van der Waals surface area contributed by atoms with Crippen molar-refractivity contribution in [3.05, 3.63) is 71.5 Å². The molecule has 7 nitrogen and oxygen atoms in total. The second-order valence-electron chi connectivity index (χ2n) is 9.59. The van der Waals surface area contributed by atoms with E-state index in [4.69, 9.17) is 14.0 Å². The number of halogens is 1. The first-order valence-electron chi connectivity index (χ1n) is 12.8. The van der Waals surface area contributed by atoms with E-state index in [-0.39, 0.29) is 11.9 Å². The zero-order chi connectivity index (χ0) is 24.7. The van der Waals surface area contributed by atoms with E-state index in [9.17, 15) is 9.50 Å². The molecule has 3 aromatic rings. The van der Waals surface area contributed by atoms with Crippen LogP contribution in [0.5, 0.6) is 0 Å². The molecule has 0 unspecified atom stereocenters. The molecule has 0 saturated carbocycles. The van der Waals surface area contributed by atoms with Gasteiger partial charge in [-0.2, -0.15) is 0 Å². The smallest absolute Gasteiger partial charge is 0.232 e. The van der Waals surface area contributed by atoms with Gasteiger partial charge in [-0.15, -0.1) is 0 Å². The van der Waals surface area contributed by atoms with Crippen molar-refractivity contribution < 1.29 is 23.5 Å². The number of aromatic nitrogens is 1. The lowest BCUT2D eigenvalue weighted by Crippen LogP contribution is -2.39. The Kier molecular flexibility index (Phi) is 8.28. The lowest BCUT2D eigenvalue weighted by Gasteiger charge is -2.30. The average Bonchev–Trinajstić information content (AvgIpc) is 3.56. The van der Waals surface area contributed by atoms with Crippen molar-refractivity contribution >= 4 is 5.88 Å². The molecule has 0 radical (unpaired) electrons. The van der Waals surface area contributed by atoms with Crippen molar-refractivity contribution in [2.45, 2.75) is 38.0 Å². The summed E-state index contributed by atoms with van der Waals surface area (Å²) in [5.74, 6) is 0.425. The van der Waals surface area contributed by atoms with Crippen LogP contribution in [-0.4, -0.2) is 73.4 Å². The first kappa shape index (κ1) is 24.9. The molecule has 2 fully saturated rings. The number of anilines is 1. The molecule has 0 spiro atoms. The quantitative estimate of drug-likeness (QED) is 0.457. The SMILES string of the molecule is O[C@H](Cc1ccccc1)CN(Cc1c(-c2ccc(F)cc2)noc1N1CCOCC1)C[C@@H]1CCCO1. The number of aliphatic hydroxyl groups is 1. The van der Waals surface area contributed by atoms with Crippen LogP contribution in [0.4, 0.5) is 10.3 Å². The zero-order valence-electron chi connectivity index (χ0n) is 20.5. The fourth-order valence-corrected chi connectivity index (χ4v) is 5.04. The molecule has 1 N–H and O–H groups in total. The number of hydrogen-bond acceptors (Lipinski definition) is 7. The lowest BCUT2D eigenvalue weighted by molar-refractivity contribution is 0.0464. The minimum atomic E-state index is -0.533. The van der Waals surface area contributed by atoms with Gasteiger partial charge in [0.15, 0.2) is 0 Å². The molecule has 2 aromatic carbocycles. The fourth-order valence-electron chi connectivity index (χ4n) is 5.04. The number of benzene rings is 2. The van der Waals surface area contributed by atoms with Crippen LogP contribution < -0.4 is 4.90 Å². The predicted molar refractivity (Wildman–Crippen MR) is 135 cm³/mol. The van der Waals surface area contributed by atoms with E-state index in [1.54, 1.807) is 12.1 Å². The molecular weight excluding hydrogens is 461 g/mol. The highest BCUT2D eigenvalue weighted by Gasteiger charge is 2.28. The zero-order valence-corrected chi connectivity index (χ0v) is 20.5. The highest BCUT2D eigenvalue weighted by molar-refractivity contribution is 5.68. The van der Waals surface area contributed by atoms with Crippen molar-refractivity contribution in [3.8, 4) is 11.3 Å². The monoisotopic (exact) mass is 495 g/mol. The second-order valence-corrected chi connectivity index (χ2v) is 9.59. The Bertz CT molecular complexity index is 1080. The maximum absolute atomic E-state index is 13.6. The molecule has 1 aromatic heterocycles. The molecule has 2 aliphatic rings. The summed E-state index contributed by atoms with van der Waals surface area (Å²) in [6.45, 7) is 5.20. The summed E-state index contributed by atoms with van der Waals surface area (Å²) in [6, 6.07) is 16.4. The van der Waals surface area contributed by atoms with E-state index in [0.29, 0.717) is 63.9 Å². The van der Waals surface area contributed by atoms with E-state index in [1.165, 1.54) is 12.1 Å². The normalized spacial score (nSPS) is 19.2. The van der Waals surface area contributed by atoms with Gasteiger partial charge in [0.1, 0.15) is 11.5 Å². The highest BCUT2D eigenvalue weighted by Crippen LogP contribution is 2.33. The highest BCUT2D eigenvalue weighted by atomic mass is 19.1. The molecule has 0 aliphatic carbocycles. The molecular formula is C28H34FN3O4. The summed E-state index contributed by atoms with van der Waals surface area (Å²) in [5.41, 5.74) is 3.55. The summed E-state index contributed by atoms with van der Waals surface area (Å²) < 4.78 is 31.0. The molecule has 3 heterocycles. The van der Waals surface area contributed by atoms with Gasteiger partial charge >= 0.3 is 0 Å². The average molecular weight is 496 g/mol. The Labute approximate surface area is 211 Å². The summed E-state index contributed by atoms with van der Waals surface area (Å²) >= 11 is 0. The van der Waals surface area contributed by atoms with Crippen molar-refractivity contribution in [2.24, 2.45) is 0 Å². The van der Waals surface area contributed by atoms with Crippen molar-refractivity contribution in [1.29, 1.82) is 0 Å². The Morgan fingerprint density at radius 3 is 2.56 bits per heavy atom. The van der Waals surface area contributed by atoms with Gasteiger partial charge in [0, 0.05) is 44.9 Å². The van der Waals surface area contributed by atoms with Crippen LogP contribution in [0.2, 0.25) is 0 Å². The molecule has 8 heteroatoms. The van der Waals surface area contributed by atoms with Gasteiger partial charge in [-0.1, -0.05) is 35.5 Å². The van der Waals surface area contributed by atoms with Crippen LogP contribution in [0, 0.1) is 5.82 Å². The van der Waals surface area contributed by atoms with E-state index in [0.717, 1.165) is 36.1 Å². The van der Waals surface area contributed by atoms with Crippen LogP contribution in [0.3, 0.4) is 0 Å². The van der Waals surface area contributed by atoms with Crippen molar-refractivity contribution in [2.75, 3.05) is 50.9 Å². The Hall–Kier alpha value is -2.78. The van der Waals surface area contributed by atoms with Crippen LogP contribution in [0.25, 0.3) is 11.3 Å². The fraction of sp³-hybridized carbons (Fsp3) is 0.464. The third kappa shape index (κ3) is 6.31. The topological polar surface area (TPSA) is 71.2 Å². The molecule has 5 rings (SSSR count). The van der Waals surface area contributed by atoms with E-state index in [1.807, 2.05) is 30.3 Å². The van der Waals surface area contributed by atoms with E-state index in [2.05, 4.69) is 15.0 Å². The number of hydrogen-bond donors (Lipinski definition) is 1. The van der Waals surface area contributed by atoms with Crippen LogP contribution >= 0.6 is 0 Å². The third-order valence-electron chi connectivity index (χ3n) is 6.83. The van der Waals surface area contributed by atoms with Crippen LogP contribution in [0.15, 0.2) is 59.1 Å². The number of rotatable bonds is 10. The van der Waals surface area contributed by atoms with Gasteiger partial charge in [0.25, 0.3) is 0 Å². The van der Waals surface area contributed by atoms with Crippen molar-refractivity contribution in [3.63, 3.8) is 0 Å². The first-order valence-corrected chi connectivity index (χ1v) is 12.8. The van der Waals surface area contributed by atoms with Crippen LogP contribution in [0.1, 0.15) is 24.0 Å². The Balaban J connectivity index is 1.42. The predicted octanol–water partition coefficient (Wildman–Crippen LogP) is 3.90. The number of aliphatic hydroxyl groups excluding tert-OH is 1. The van der Waals surface area contributed by atoms with Gasteiger partial charge in [-0.3, -0.25) is 4.90 Å². The maximum Gasteiger partial charge on any atom is 0.232 e. The number of morpholine rings is 1. The largest absolute Gasteiger partial charge is 0.391 e. The number of nitrogens with zero attached hydrogens (tertiary/aromatic N) is 3. The minimum Gasteiger partial charge on any atom is -0.391 e. The molecule has 0 bridgehead atoms. The number of ether oxygens (including phenoxy) is 2. The molecule has 2 saturated heterocycles. The summed E-state index contributed by atoms with van der Waals surface area (Å²) in [6.07, 6.45) is 2.24. The molecule has 0 amide bonds. The van der Waals surface area contributed by atoms with Gasteiger partial charge in [0.05, 0.1) is 31.0 Å². The molecule has 2 atom stereocenters. The second kappa shape index (κ2) is 12.0. The minimum absolute atomic E-state index is 0.134. The molecule has 36 heavy (non-hydrogen) atoms. The Morgan fingerprint density at radius 2 is 1.83 bits per heavy atom. The lowest BCUT2D eigenvalue weighted by atomic mass is 10.0. The Morgan fingerprint density at radius 1 is 1.06 bits per heavy atom.